The number of Topliss-reactive ketones (excluding diaryl/α,β-unsaturated/α-hetero) is 1. The molecular weight excluding hydrogens is 436 g/mol. The number of aryl methyl sites for hydroxylation is 2. The average Bonchev–Trinajstić information content (AvgIpc) is 2.80. The Kier molecular flexibility index (Phi) is 7.33. The molecule has 2 heterocycles. The fourth-order valence-corrected chi connectivity index (χ4v) is 5.12. The van der Waals surface area contributed by atoms with Crippen LogP contribution in [0.4, 0.5) is 0 Å². The molecule has 3 aromatic rings. The molecule has 0 N–H and O–H groups in total. The van der Waals surface area contributed by atoms with Crippen molar-refractivity contribution in [1.29, 1.82) is 0 Å². The Morgan fingerprint density at radius 2 is 1.45 bits per heavy atom. The van der Waals surface area contributed by atoms with Crippen LogP contribution in [0.15, 0.2) is 67.5 Å². The second kappa shape index (κ2) is 10.0. The van der Waals surface area contributed by atoms with Gasteiger partial charge in [-0.15, -0.1) is 0 Å². The standard InChI is InChI=1S/C26H26N2O4S/c1-5-25(30)33(31,32)26(23-11-7-18(3)28-16-23)19(4)21-12-8-20(9-13-21)14-24(29)22-10-6-17(2)27-15-22/h6-13,15-16,26H,4-5,14H2,1-3H3. The molecule has 0 fully saturated rings. The molecule has 0 amide bonds. The van der Waals surface area contributed by atoms with Gasteiger partial charge in [0.05, 0.1) is 0 Å². The molecule has 1 unspecified atom stereocenters. The number of hydrogen-bond acceptors (Lipinski definition) is 6. The highest BCUT2D eigenvalue weighted by Crippen LogP contribution is 2.36. The largest absolute Gasteiger partial charge is 0.294 e. The van der Waals surface area contributed by atoms with Crippen LogP contribution in [0.2, 0.25) is 0 Å². The van der Waals surface area contributed by atoms with Crippen LogP contribution in [0.25, 0.3) is 5.57 Å². The minimum atomic E-state index is -4.17. The predicted octanol–water partition coefficient (Wildman–Crippen LogP) is 4.62. The molecule has 0 aliphatic carbocycles. The molecule has 0 radical (unpaired) electrons. The van der Waals surface area contributed by atoms with E-state index in [2.05, 4.69) is 16.5 Å². The summed E-state index contributed by atoms with van der Waals surface area (Å²) in [5.74, 6) is -0.0613. The van der Waals surface area contributed by atoms with Crippen LogP contribution >= 0.6 is 0 Å². The molecule has 0 saturated heterocycles. The highest BCUT2D eigenvalue weighted by Gasteiger charge is 2.35. The summed E-state index contributed by atoms with van der Waals surface area (Å²) in [6, 6.07) is 13.9. The Morgan fingerprint density at radius 3 is 1.97 bits per heavy atom. The first-order valence-electron chi connectivity index (χ1n) is 10.6. The van der Waals surface area contributed by atoms with E-state index >= 15 is 0 Å². The van der Waals surface area contributed by atoms with Gasteiger partial charge in [0.15, 0.2) is 5.78 Å². The van der Waals surface area contributed by atoms with Gasteiger partial charge >= 0.3 is 0 Å². The molecule has 1 aromatic carbocycles. The lowest BCUT2D eigenvalue weighted by Crippen LogP contribution is -2.23. The highest BCUT2D eigenvalue weighted by atomic mass is 32.2. The normalized spacial score (nSPS) is 12.2. The lowest BCUT2D eigenvalue weighted by Gasteiger charge is -2.20. The third-order valence-electron chi connectivity index (χ3n) is 5.39. The molecule has 0 spiro atoms. The first-order valence-corrected chi connectivity index (χ1v) is 12.1. The lowest BCUT2D eigenvalue weighted by atomic mass is 9.97. The van der Waals surface area contributed by atoms with Gasteiger partial charge in [-0.25, -0.2) is 8.42 Å². The van der Waals surface area contributed by atoms with Crippen molar-refractivity contribution in [2.45, 2.75) is 38.9 Å². The zero-order valence-corrected chi connectivity index (χ0v) is 19.7. The summed E-state index contributed by atoms with van der Waals surface area (Å²) >= 11 is 0. The van der Waals surface area contributed by atoms with Crippen molar-refractivity contribution < 1.29 is 18.0 Å². The van der Waals surface area contributed by atoms with E-state index < -0.39 is 20.2 Å². The molecule has 0 bridgehead atoms. The lowest BCUT2D eigenvalue weighted by molar-refractivity contribution is -0.111. The van der Waals surface area contributed by atoms with Crippen molar-refractivity contribution in [3.63, 3.8) is 0 Å². The Hall–Kier alpha value is -3.45. The Labute approximate surface area is 194 Å². The molecule has 0 aliphatic rings. The number of carbonyl (C=O) groups is 2. The second-order valence-electron chi connectivity index (χ2n) is 7.89. The van der Waals surface area contributed by atoms with Crippen LogP contribution in [0.1, 0.15) is 57.0 Å². The number of aromatic nitrogens is 2. The molecule has 3 rings (SSSR count). The molecule has 170 valence electrons. The average molecular weight is 463 g/mol. The molecular formula is C26H26N2O4S. The van der Waals surface area contributed by atoms with Gasteiger partial charge in [-0.05, 0) is 54.3 Å². The molecule has 1 atom stereocenters. The Balaban J connectivity index is 1.88. The van der Waals surface area contributed by atoms with Crippen molar-refractivity contribution in [1.82, 2.24) is 9.97 Å². The number of pyridine rings is 2. The zero-order valence-electron chi connectivity index (χ0n) is 18.9. The van der Waals surface area contributed by atoms with E-state index in [1.54, 1.807) is 61.7 Å². The summed E-state index contributed by atoms with van der Waals surface area (Å²) in [6.07, 6.45) is 3.09. The van der Waals surface area contributed by atoms with Crippen molar-refractivity contribution in [3.05, 3.63) is 101 Å². The molecule has 0 aliphatic heterocycles. The molecule has 2 aromatic heterocycles. The van der Waals surface area contributed by atoms with Gasteiger partial charge < -0.3 is 0 Å². The van der Waals surface area contributed by atoms with Crippen LogP contribution in [0, 0.1) is 13.8 Å². The van der Waals surface area contributed by atoms with E-state index in [1.807, 2.05) is 6.92 Å². The summed E-state index contributed by atoms with van der Waals surface area (Å²) in [7, 11) is -4.17. The molecule has 7 heteroatoms. The highest BCUT2D eigenvalue weighted by molar-refractivity contribution is 8.06. The first kappa shape index (κ1) is 24.2. The van der Waals surface area contributed by atoms with Gasteiger partial charge in [-0.2, -0.15) is 0 Å². The number of rotatable bonds is 8. The van der Waals surface area contributed by atoms with E-state index in [-0.39, 0.29) is 24.2 Å². The third-order valence-corrected chi connectivity index (χ3v) is 7.49. The van der Waals surface area contributed by atoms with Gasteiger partial charge in [-0.1, -0.05) is 43.8 Å². The van der Waals surface area contributed by atoms with E-state index in [0.29, 0.717) is 16.7 Å². The van der Waals surface area contributed by atoms with E-state index in [1.165, 1.54) is 13.1 Å². The number of carbonyl (C=O) groups excluding carboxylic acids is 2. The van der Waals surface area contributed by atoms with Crippen molar-refractivity contribution in [2.24, 2.45) is 0 Å². The minimum absolute atomic E-state index is 0.0613. The second-order valence-corrected chi connectivity index (χ2v) is 9.91. The third kappa shape index (κ3) is 5.49. The fraction of sp³-hybridized carbons (Fsp3) is 0.231. The van der Waals surface area contributed by atoms with E-state index in [4.69, 9.17) is 0 Å². The number of nitrogens with zero attached hydrogens (tertiary/aromatic N) is 2. The van der Waals surface area contributed by atoms with Gasteiger partial charge in [0.2, 0.25) is 15.0 Å². The predicted molar refractivity (Wildman–Crippen MR) is 128 cm³/mol. The molecule has 6 nitrogen and oxygen atoms in total. The van der Waals surface area contributed by atoms with Crippen molar-refractivity contribution in [3.8, 4) is 0 Å². The van der Waals surface area contributed by atoms with Gasteiger partial charge in [0, 0.05) is 42.2 Å². The Bertz CT molecular complexity index is 1280. The first-order chi connectivity index (χ1) is 15.6. The van der Waals surface area contributed by atoms with Crippen molar-refractivity contribution in [2.75, 3.05) is 0 Å². The number of benzene rings is 1. The molecule has 0 saturated carbocycles. The Morgan fingerprint density at radius 1 is 0.879 bits per heavy atom. The van der Waals surface area contributed by atoms with Gasteiger partial charge in [0.25, 0.3) is 0 Å². The summed E-state index contributed by atoms with van der Waals surface area (Å²) in [5.41, 5.74) is 4.12. The number of sulfone groups is 1. The van der Waals surface area contributed by atoms with E-state index in [9.17, 15) is 18.0 Å². The summed E-state index contributed by atoms with van der Waals surface area (Å²) in [4.78, 5) is 33.2. The molecule has 33 heavy (non-hydrogen) atoms. The van der Waals surface area contributed by atoms with Crippen LogP contribution in [-0.2, 0) is 21.1 Å². The summed E-state index contributed by atoms with van der Waals surface area (Å²) in [5, 5.41) is -2.08. The summed E-state index contributed by atoms with van der Waals surface area (Å²) in [6.45, 7) is 9.19. The smallest absolute Gasteiger partial charge is 0.247 e. The maximum absolute atomic E-state index is 13.1. The number of hydrogen-bond donors (Lipinski definition) is 0. The zero-order chi connectivity index (χ0) is 24.2. The van der Waals surface area contributed by atoms with Crippen LogP contribution < -0.4 is 0 Å². The van der Waals surface area contributed by atoms with Crippen LogP contribution in [0.5, 0.6) is 0 Å². The van der Waals surface area contributed by atoms with E-state index in [0.717, 1.165) is 17.0 Å². The SMILES string of the molecule is C=C(c1ccc(CC(=O)c2ccc(C)nc2)cc1)C(c1ccc(C)nc1)S(=O)(=O)C(=O)CC. The topological polar surface area (TPSA) is 94.1 Å². The fourth-order valence-electron chi connectivity index (χ4n) is 3.44. The quantitative estimate of drug-likeness (QED) is 0.453. The maximum atomic E-state index is 13.1. The van der Waals surface area contributed by atoms with Gasteiger partial charge in [0.1, 0.15) is 5.25 Å². The summed E-state index contributed by atoms with van der Waals surface area (Å²) < 4.78 is 26.1. The monoisotopic (exact) mass is 462 g/mol. The van der Waals surface area contributed by atoms with Crippen LogP contribution in [-0.4, -0.2) is 29.3 Å². The minimum Gasteiger partial charge on any atom is -0.294 e. The maximum Gasteiger partial charge on any atom is 0.247 e. The number of ketones is 1. The van der Waals surface area contributed by atoms with Crippen LogP contribution in [0.3, 0.4) is 0 Å². The van der Waals surface area contributed by atoms with Gasteiger partial charge in [-0.3, -0.25) is 19.6 Å². The van der Waals surface area contributed by atoms with Crippen molar-refractivity contribution >= 4 is 26.3 Å².